The summed E-state index contributed by atoms with van der Waals surface area (Å²) in [6.07, 6.45) is 3.69. The van der Waals surface area contributed by atoms with Crippen molar-refractivity contribution >= 4 is 33.2 Å². The normalized spacial score (nSPS) is 10.8. The van der Waals surface area contributed by atoms with Crippen LogP contribution in [0.2, 0.25) is 0 Å². The van der Waals surface area contributed by atoms with Crippen LogP contribution in [0.25, 0.3) is 16.3 Å². The second-order valence-corrected chi connectivity index (χ2v) is 8.11. The highest BCUT2D eigenvalue weighted by atomic mass is 79.9. The van der Waals surface area contributed by atoms with Gasteiger partial charge in [0, 0.05) is 35.2 Å². The fourth-order valence-corrected chi connectivity index (χ4v) is 3.82. The molecule has 0 aliphatic heterocycles. The first-order valence-electron chi connectivity index (χ1n) is 8.66. The van der Waals surface area contributed by atoms with Crippen LogP contribution in [0.3, 0.4) is 0 Å². The molecule has 0 aliphatic rings. The summed E-state index contributed by atoms with van der Waals surface area (Å²) in [4.78, 5) is 18.9. The predicted octanol–water partition coefficient (Wildman–Crippen LogP) is 5.03. The molecule has 7 heteroatoms. The Hall–Kier alpha value is -2.77. The molecule has 0 saturated heterocycles. The number of hydrogen-bond donors (Lipinski definition) is 0. The van der Waals surface area contributed by atoms with Gasteiger partial charge in [0.15, 0.2) is 0 Å². The van der Waals surface area contributed by atoms with Gasteiger partial charge in [-0.1, -0.05) is 46.3 Å². The van der Waals surface area contributed by atoms with Gasteiger partial charge in [-0.15, -0.1) is 11.3 Å². The molecule has 28 heavy (non-hydrogen) atoms. The van der Waals surface area contributed by atoms with Gasteiger partial charge < -0.3 is 4.90 Å². The van der Waals surface area contributed by atoms with E-state index in [2.05, 4.69) is 26.0 Å². The number of carbonyl (C=O) groups is 1. The minimum absolute atomic E-state index is 0.0964. The molecule has 0 aliphatic carbocycles. The topological polar surface area (TPSA) is 51.0 Å². The monoisotopic (exact) mass is 452 g/mol. The van der Waals surface area contributed by atoms with E-state index in [-0.39, 0.29) is 5.91 Å². The van der Waals surface area contributed by atoms with Gasteiger partial charge in [0.2, 0.25) is 0 Å². The molecule has 1 amide bonds. The standard InChI is InChI=1S/C21H17BrN4OS/c1-25(12-15-7-9-17(22)10-8-15)21(27)19-14-28-20(24-19)16-11-23-26(13-16)18-5-3-2-4-6-18/h2-11,13-14H,12H2,1H3. The second kappa shape index (κ2) is 8.08. The number of rotatable bonds is 5. The number of benzene rings is 2. The SMILES string of the molecule is CN(Cc1ccc(Br)cc1)C(=O)c1csc(-c2cnn(-c3ccccc3)c2)n1. The minimum Gasteiger partial charge on any atom is -0.336 e. The van der Waals surface area contributed by atoms with Crippen molar-refractivity contribution in [2.45, 2.75) is 6.54 Å². The average molecular weight is 453 g/mol. The van der Waals surface area contributed by atoms with Crippen LogP contribution in [0.1, 0.15) is 16.1 Å². The molecule has 0 fully saturated rings. The fraction of sp³-hybridized carbons (Fsp3) is 0.0952. The summed E-state index contributed by atoms with van der Waals surface area (Å²) in [5.41, 5.74) is 3.39. The Morgan fingerprint density at radius 2 is 1.89 bits per heavy atom. The van der Waals surface area contributed by atoms with E-state index < -0.39 is 0 Å². The van der Waals surface area contributed by atoms with Crippen LogP contribution >= 0.6 is 27.3 Å². The zero-order valence-electron chi connectivity index (χ0n) is 15.1. The lowest BCUT2D eigenvalue weighted by Crippen LogP contribution is -2.26. The zero-order valence-corrected chi connectivity index (χ0v) is 17.5. The Labute approximate surface area is 175 Å². The predicted molar refractivity (Wildman–Crippen MR) is 115 cm³/mol. The molecule has 4 aromatic rings. The van der Waals surface area contributed by atoms with Gasteiger partial charge in [0.05, 0.1) is 11.9 Å². The number of aromatic nitrogens is 3. The molecular formula is C21H17BrN4OS. The van der Waals surface area contributed by atoms with E-state index in [0.717, 1.165) is 26.3 Å². The van der Waals surface area contributed by atoms with Crippen LogP contribution in [-0.2, 0) is 6.54 Å². The van der Waals surface area contributed by atoms with Gasteiger partial charge in [-0.3, -0.25) is 4.79 Å². The van der Waals surface area contributed by atoms with E-state index in [1.54, 1.807) is 28.2 Å². The van der Waals surface area contributed by atoms with Gasteiger partial charge >= 0.3 is 0 Å². The lowest BCUT2D eigenvalue weighted by atomic mass is 10.2. The van der Waals surface area contributed by atoms with E-state index in [1.807, 2.05) is 60.8 Å². The summed E-state index contributed by atoms with van der Waals surface area (Å²) >= 11 is 4.87. The van der Waals surface area contributed by atoms with Gasteiger partial charge in [-0.2, -0.15) is 5.10 Å². The van der Waals surface area contributed by atoms with Crippen LogP contribution in [0.4, 0.5) is 0 Å². The minimum atomic E-state index is -0.0964. The molecule has 0 N–H and O–H groups in total. The molecule has 0 radical (unpaired) electrons. The van der Waals surface area contributed by atoms with Gasteiger partial charge in [0.25, 0.3) is 5.91 Å². The summed E-state index contributed by atoms with van der Waals surface area (Å²) in [6.45, 7) is 0.533. The van der Waals surface area contributed by atoms with Crippen molar-refractivity contribution in [3.63, 3.8) is 0 Å². The van der Waals surface area contributed by atoms with E-state index in [9.17, 15) is 4.79 Å². The van der Waals surface area contributed by atoms with Gasteiger partial charge in [-0.25, -0.2) is 9.67 Å². The maximum Gasteiger partial charge on any atom is 0.273 e. The van der Waals surface area contributed by atoms with Crippen LogP contribution in [0.5, 0.6) is 0 Å². The number of para-hydroxylation sites is 1. The molecule has 4 rings (SSSR count). The molecule has 2 aromatic carbocycles. The third kappa shape index (κ3) is 4.05. The number of carbonyl (C=O) groups excluding carboxylic acids is 1. The first-order valence-corrected chi connectivity index (χ1v) is 10.3. The van der Waals surface area contributed by atoms with Crippen molar-refractivity contribution < 1.29 is 4.79 Å². The maximum absolute atomic E-state index is 12.7. The summed E-state index contributed by atoms with van der Waals surface area (Å²) in [5, 5.41) is 6.98. The molecule has 0 unspecified atom stereocenters. The van der Waals surface area contributed by atoms with E-state index in [0.29, 0.717) is 12.2 Å². The molecule has 0 bridgehead atoms. The average Bonchev–Trinajstić information content (AvgIpc) is 3.39. The third-order valence-electron chi connectivity index (χ3n) is 4.25. The third-order valence-corrected chi connectivity index (χ3v) is 5.67. The summed E-state index contributed by atoms with van der Waals surface area (Å²) in [5.74, 6) is -0.0964. The van der Waals surface area contributed by atoms with Crippen LogP contribution in [0.15, 0.2) is 76.8 Å². The van der Waals surface area contributed by atoms with Crippen molar-refractivity contribution in [1.29, 1.82) is 0 Å². The molecule has 0 saturated carbocycles. The molecule has 140 valence electrons. The zero-order chi connectivity index (χ0) is 19.5. The van der Waals surface area contributed by atoms with Crippen molar-refractivity contribution in [2.75, 3.05) is 7.05 Å². The highest BCUT2D eigenvalue weighted by Gasteiger charge is 2.17. The smallest absolute Gasteiger partial charge is 0.273 e. The quantitative estimate of drug-likeness (QED) is 0.426. The number of hydrogen-bond acceptors (Lipinski definition) is 4. The van der Waals surface area contributed by atoms with Gasteiger partial charge in [0.1, 0.15) is 10.7 Å². The molecule has 5 nitrogen and oxygen atoms in total. The van der Waals surface area contributed by atoms with E-state index >= 15 is 0 Å². The highest BCUT2D eigenvalue weighted by molar-refractivity contribution is 9.10. The lowest BCUT2D eigenvalue weighted by Gasteiger charge is -2.16. The largest absolute Gasteiger partial charge is 0.336 e. The Balaban J connectivity index is 1.48. The fourth-order valence-electron chi connectivity index (χ4n) is 2.79. The van der Waals surface area contributed by atoms with Crippen LogP contribution < -0.4 is 0 Å². The Morgan fingerprint density at radius 1 is 1.14 bits per heavy atom. The van der Waals surface area contributed by atoms with E-state index in [1.165, 1.54) is 11.3 Å². The van der Waals surface area contributed by atoms with Crippen LogP contribution in [-0.4, -0.2) is 32.6 Å². The molecule has 0 spiro atoms. The van der Waals surface area contributed by atoms with Crippen molar-refractivity contribution in [2.24, 2.45) is 0 Å². The maximum atomic E-state index is 12.7. The molecule has 2 aromatic heterocycles. The van der Waals surface area contributed by atoms with Crippen molar-refractivity contribution in [3.05, 3.63) is 88.1 Å². The first kappa shape index (κ1) is 18.6. The van der Waals surface area contributed by atoms with Crippen molar-refractivity contribution in [1.82, 2.24) is 19.7 Å². The second-order valence-electron chi connectivity index (χ2n) is 6.33. The van der Waals surface area contributed by atoms with Gasteiger partial charge in [-0.05, 0) is 29.8 Å². The van der Waals surface area contributed by atoms with Crippen molar-refractivity contribution in [3.8, 4) is 16.3 Å². The Bertz CT molecular complexity index is 1090. The number of amides is 1. The number of thiazole rings is 1. The molecular weight excluding hydrogens is 436 g/mol. The van der Waals surface area contributed by atoms with E-state index in [4.69, 9.17) is 0 Å². The number of nitrogens with zero attached hydrogens (tertiary/aromatic N) is 4. The molecule has 2 heterocycles. The molecule has 0 atom stereocenters. The number of halogens is 1. The Morgan fingerprint density at radius 3 is 2.64 bits per heavy atom. The first-order chi connectivity index (χ1) is 13.6. The summed E-state index contributed by atoms with van der Waals surface area (Å²) < 4.78 is 2.82. The Kier molecular flexibility index (Phi) is 5.36. The highest BCUT2D eigenvalue weighted by Crippen LogP contribution is 2.25. The summed E-state index contributed by atoms with van der Waals surface area (Å²) in [6, 6.07) is 17.8. The summed E-state index contributed by atoms with van der Waals surface area (Å²) in [7, 11) is 1.79. The lowest BCUT2D eigenvalue weighted by molar-refractivity contribution is 0.0780. The van der Waals surface area contributed by atoms with Crippen LogP contribution in [0, 0.1) is 0 Å².